The average Bonchev–Trinajstić information content (AvgIpc) is 3.33. The van der Waals surface area contributed by atoms with Crippen LogP contribution >= 0.6 is 0 Å². The van der Waals surface area contributed by atoms with Gasteiger partial charge in [0.25, 0.3) is 0 Å². The number of rotatable bonds is 35. The molecule has 0 saturated heterocycles. The number of benzene rings is 4. The smallest absolute Gasteiger partial charge is 0.338 e. The third-order valence-corrected chi connectivity index (χ3v) is 11.2. The highest BCUT2D eigenvalue weighted by atomic mass is 16.5. The van der Waals surface area contributed by atoms with Crippen LogP contribution in [0.5, 0.6) is 23.0 Å². The van der Waals surface area contributed by atoms with Gasteiger partial charge in [0.2, 0.25) is 0 Å². The number of hydrogen-bond acceptors (Lipinski definition) is 10. The van der Waals surface area contributed by atoms with E-state index in [9.17, 15) is 19.2 Å². The minimum atomic E-state index is -0.351. The van der Waals surface area contributed by atoms with E-state index in [-0.39, 0.29) is 23.9 Å². The highest BCUT2D eigenvalue weighted by Crippen LogP contribution is 2.25. The van der Waals surface area contributed by atoms with Crippen LogP contribution in [-0.4, -0.2) is 50.3 Å². The Bertz CT molecular complexity index is 1800. The average molecular weight is 907 g/mol. The number of unbranched alkanes of at least 4 members (excludes halogenated alkanes) is 16. The Labute approximate surface area is 394 Å². The predicted octanol–water partition coefficient (Wildman–Crippen LogP) is 14.3. The second kappa shape index (κ2) is 32.9. The molecular weight excluding hydrogens is 833 g/mol. The first-order valence-corrected chi connectivity index (χ1v) is 24.8. The fourth-order valence-corrected chi connectivity index (χ4v) is 7.26. The molecule has 0 aliphatic carbocycles. The minimum Gasteiger partial charge on any atom is -0.494 e. The lowest BCUT2D eigenvalue weighted by Crippen LogP contribution is -2.09. The van der Waals surface area contributed by atoms with Crippen LogP contribution in [0.3, 0.4) is 0 Å². The third-order valence-electron chi connectivity index (χ3n) is 11.2. The highest BCUT2D eigenvalue weighted by molar-refractivity contribution is 5.90. The molecule has 0 saturated carbocycles. The molecule has 4 aromatic carbocycles. The largest absolute Gasteiger partial charge is 0.494 e. The zero-order valence-corrected chi connectivity index (χ0v) is 39.7. The molecule has 0 atom stereocenters. The maximum Gasteiger partial charge on any atom is 0.338 e. The summed E-state index contributed by atoms with van der Waals surface area (Å²) in [7, 11) is 0. The number of hydrogen-bond donors (Lipinski definition) is 0. The van der Waals surface area contributed by atoms with Crippen LogP contribution in [0.25, 0.3) is 11.1 Å². The van der Waals surface area contributed by atoms with Crippen molar-refractivity contribution in [3.05, 3.63) is 108 Å². The van der Waals surface area contributed by atoms with Gasteiger partial charge in [0.05, 0.1) is 37.6 Å². The summed E-state index contributed by atoms with van der Waals surface area (Å²) in [6.45, 7) is 6.47. The van der Waals surface area contributed by atoms with Gasteiger partial charge in [-0.25, -0.2) is 9.59 Å². The van der Waals surface area contributed by atoms with Crippen molar-refractivity contribution in [3.63, 3.8) is 0 Å². The molecule has 4 rings (SSSR count). The Morgan fingerprint density at radius 3 is 1.00 bits per heavy atom. The Morgan fingerprint density at radius 2 is 0.636 bits per heavy atom. The first kappa shape index (κ1) is 53.0. The number of carbonyl (C=O) groups excluding carboxylic acids is 4. The summed E-state index contributed by atoms with van der Waals surface area (Å²) in [5.74, 6) is 1.31. The summed E-state index contributed by atoms with van der Waals surface area (Å²) in [6.07, 6.45) is 21.1. The van der Waals surface area contributed by atoms with Crippen LogP contribution in [0.2, 0.25) is 0 Å². The Hall–Kier alpha value is -5.64. The second-order valence-corrected chi connectivity index (χ2v) is 16.9. The molecule has 4 aromatic rings. The van der Waals surface area contributed by atoms with Gasteiger partial charge >= 0.3 is 23.9 Å². The van der Waals surface area contributed by atoms with E-state index < -0.39 is 0 Å². The molecule has 0 aliphatic heterocycles. The number of carbonyl (C=O) groups is 4. The monoisotopic (exact) mass is 907 g/mol. The predicted molar refractivity (Wildman–Crippen MR) is 261 cm³/mol. The summed E-state index contributed by atoms with van der Waals surface area (Å²) in [5, 5.41) is 0. The van der Waals surface area contributed by atoms with Crippen molar-refractivity contribution >= 4 is 23.9 Å². The molecular formula is C56H74O10. The SMILES string of the molecule is CCCCCCCOC(=O)c1ccc(OC(=O)CCCCCCCOc2ccc(-c3ccc(OCCCCCCCC(=O)Oc4ccc(C(=O)OCCCCCCC)cc4)cc3)cc2)cc1. The first-order valence-electron chi connectivity index (χ1n) is 24.8. The van der Waals surface area contributed by atoms with Crippen molar-refractivity contribution in [1.82, 2.24) is 0 Å². The van der Waals surface area contributed by atoms with Crippen molar-refractivity contribution in [2.24, 2.45) is 0 Å². The molecule has 0 radical (unpaired) electrons. The second-order valence-electron chi connectivity index (χ2n) is 16.9. The molecule has 0 heterocycles. The molecule has 66 heavy (non-hydrogen) atoms. The summed E-state index contributed by atoms with van der Waals surface area (Å²) >= 11 is 0. The van der Waals surface area contributed by atoms with Gasteiger partial charge in [0.1, 0.15) is 23.0 Å². The molecule has 0 fully saturated rings. The normalized spacial score (nSPS) is 10.9. The zero-order chi connectivity index (χ0) is 46.9. The first-order chi connectivity index (χ1) is 32.3. The van der Waals surface area contributed by atoms with Gasteiger partial charge in [-0.15, -0.1) is 0 Å². The van der Waals surface area contributed by atoms with Crippen molar-refractivity contribution in [2.75, 3.05) is 26.4 Å². The summed E-state index contributed by atoms with van der Waals surface area (Å²) in [4.78, 5) is 49.1. The molecule has 10 heteroatoms. The fourth-order valence-electron chi connectivity index (χ4n) is 7.26. The molecule has 10 nitrogen and oxygen atoms in total. The Kier molecular flexibility index (Phi) is 26.4. The highest BCUT2D eigenvalue weighted by Gasteiger charge is 2.12. The lowest BCUT2D eigenvalue weighted by atomic mass is 10.1. The Balaban J connectivity index is 0.962. The molecule has 0 amide bonds. The van der Waals surface area contributed by atoms with Gasteiger partial charge in [-0.05, 0) is 122 Å². The van der Waals surface area contributed by atoms with Gasteiger partial charge in [-0.2, -0.15) is 0 Å². The maximum absolute atomic E-state index is 12.3. The van der Waals surface area contributed by atoms with E-state index in [1.165, 1.54) is 25.7 Å². The van der Waals surface area contributed by atoms with Gasteiger partial charge in [0.15, 0.2) is 0 Å². The molecule has 0 aliphatic rings. The maximum atomic E-state index is 12.3. The molecule has 0 N–H and O–H groups in total. The quantitative estimate of drug-likeness (QED) is 0.0250. The summed E-state index contributed by atoms with van der Waals surface area (Å²) in [6, 6.07) is 29.4. The van der Waals surface area contributed by atoms with E-state index in [4.69, 9.17) is 28.4 Å². The van der Waals surface area contributed by atoms with Crippen LogP contribution in [-0.2, 0) is 19.1 Å². The van der Waals surface area contributed by atoms with Gasteiger partial charge < -0.3 is 28.4 Å². The van der Waals surface area contributed by atoms with E-state index in [1.807, 2.05) is 24.3 Å². The van der Waals surface area contributed by atoms with Crippen LogP contribution in [0.4, 0.5) is 0 Å². The molecule has 358 valence electrons. The molecule has 0 unspecified atom stereocenters. The van der Waals surface area contributed by atoms with Crippen LogP contribution in [0.15, 0.2) is 97.1 Å². The topological polar surface area (TPSA) is 124 Å². The van der Waals surface area contributed by atoms with E-state index in [0.717, 1.165) is 125 Å². The number of ether oxygens (including phenoxy) is 6. The van der Waals surface area contributed by atoms with Crippen LogP contribution in [0.1, 0.15) is 176 Å². The third kappa shape index (κ3) is 22.5. The fraction of sp³-hybridized carbons (Fsp3) is 0.500. The molecule has 0 bridgehead atoms. The van der Waals surface area contributed by atoms with E-state index in [1.54, 1.807) is 48.5 Å². The van der Waals surface area contributed by atoms with Crippen molar-refractivity contribution in [3.8, 4) is 34.1 Å². The van der Waals surface area contributed by atoms with Crippen molar-refractivity contribution < 1.29 is 47.6 Å². The van der Waals surface area contributed by atoms with Crippen LogP contribution < -0.4 is 18.9 Å². The minimum absolute atomic E-state index is 0.270. The van der Waals surface area contributed by atoms with Gasteiger partial charge in [-0.1, -0.05) is 128 Å². The number of esters is 4. The lowest BCUT2D eigenvalue weighted by Gasteiger charge is -2.09. The standard InChI is InChI=1S/C56H74O10/c1-3-5-7-13-21-43-63-55(59)47-29-37-51(38-30-47)65-53(57)23-17-11-9-15-19-41-61-49-33-25-45(26-34-49)46-27-35-50(36-28-46)62-42-20-16-10-12-18-24-54(58)66-52-39-31-48(32-40-52)56(60)64-44-22-14-8-6-4-2/h25-40H,3-24,41-44H2,1-2H3. The van der Waals surface area contributed by atoms with E-state index in [2.05, 4.69) is 38.1 Å². The van der Waals surface area contributed by atoms with Crippen molar-refractivity contribution in [1.29, 1.82) is 0 Å². The lowest BCUT2D eigenvalue weighted by molar-refractivity contribution is -0.135. The summed E-state index contributed by atoms with van der Waals surface area (Å²) in [5.41, 5.74) is 3.12. The summed E-state index contributed by atoms with van der Waals surface area (Å²) < 4.78 is 33.5. The van der Waals surface area contributed by atoms with Crippen LogP contribution in [0, 0.1) is 0 Å². The van der Waals surface area contributed by atoms with Gasteiger partial charge in [0, 0.05) is 12.8 Å². The molecule has 0 aromatic heterocycles. The van der Waals surface area contributed by atoms with E-state index >= 15 is 0 Å². The zero-order valence-electron chi connectivity index (χ0n) is 39.7. The van der Waals surface area contributed by atoms with Gasteiger partial charge in [-0.3, -0.25) is 9.59 Å². The Morgan fingerprint density at radius 1 is 0.333 bits per heavy atom. The molecule has 0 spiro atoms. The van der Waals surface area contributed by atoms with E-state index in [0.29, 0.717) is 61.9 Å². The van der Waals surface area contributed by atoms with Crippen molar-refractivity contribution in [2.45, 2.75) is 155 Å².